The highest BCUT2D eigenvalue weighted by Crippen LogP contribution is 2.08. The van der Waals surface area contributed by atoms with Crippen LogP contribution in [0.1, 0.15) is 27.2 Å². The van der Waals surface area contributed by atoms with E-state index in [-0.39, 0.29) is 6.54 Å². The van der Waals surface area contributed by atoms with Crippen LogP contribution in [0, 0.1) is 0 Å². The second-order valence-electron chi connectivity index (χ2n) is 3.70. The minimum atomic E-state index is -3.91. The van der Waals surface area contributed by atoms with Crippen molar-refractivity contribution in [2.45, 2.75) is 38.0 Å². The van der Waals surface area contributed by atoms with E-state index in [1.54, 1.807) is 6.92 Å². The smallest absolute Gasteiger partial charge is 0.323 e. The van der Waals surface area contributed by atoms with Crippen molar-refractivity contribution in [3.05, 3.63) is 0 Å². The van der Waals surface area contributed by atoms with Gasteiger partial charge in [0, 0.05) is 6.54 Å². The first kappa shape index (κ1) is 14.3. The predicted octanol–water partition coefficient (Wildman–Crippen LogP) is -0.460. The van der Waals surface area contributed by atoms with E-state index in [9.17, 15) is 18.3 Å². The van der Waals surface area contributed by atoms with Crippen LogP contribution in [0.5, 0.6) is 0 Å². The molecule has 0 radical (unpaired) electrons. The van der Waals surface area contributed by atoms with Crippen molar-refractivity contribution in [1.82, 2.24) is 4.72 Å². The molecule has 0 aliphatic heterocycles. The summed E-state index contributed by atoms with van der Waals surface area (Å²) in [5.41, 5.74) is -1.16. The van der Waals surface area contributed by atoms with Gasteiger partial charge in [-0.15, -0.1) is 0 Å². The fraction of sp³-hybridized carbons (Fsp3) is 0.875. The number of aliphatic hydroxyl groups is 1. The molecule has 90 valence electrons. The number of aliphatic carboxylic acids is 1. The molecule has 0 aliphatic rings. The van der Waals surface area contributed by atoms with Gasteiger partial charge in [0.25, 0.3) is 0 Å². The largest absolute Gasteiger partial charge is 0.480 e. The van der Waals surface area contributed by atoms with Crippen LogP contribution in [0.4, 0.5) is 0 Å². The van der Waals surface area contributed by atoms with Crippen LogP contribution >= 0.6 is 0 Å². The standard InChI is InChI=1S/C8H17NO5S/c1-4-8(3,12)5-9-15(13,14)6(2)7(10)11/h6,9,12H,4-5H2,1-3H3,(H,10,11). The summed E-state index contributed by atoms with van der Waals surface area (Å²) in [6.45, 7) is 4.06. The van der Waals surface area contributed by atoms with Crippen LogP contribution in [0.15, 0.2) is 0 Å². The van der Waals surface area contributed by atoms with Crippen LogP contribution in [0.25, 0.3) is 0 Å². The summed E-state index contributed by atoms with van der Waals surface area (Å²) >= 11 is 0. The molecule has 0 aromatic heterocycles. The first-order valence-corrected chi connectivity index (χ1v) is 6.10. The molecule has 0 saturated carbocycles. The van der Waals surface area contributed by atoms with Gasteiger partial charge in [0.05, 0.1) is 5.60 Å². The molecule has 6 nitrogen and oxygen atoms in total. The topological polar surface area (TPSA) is 104 Å². The Morgan fingerprint density at radius 2 is 2.00 bits per heavy atom. The summed E-state index contributed by atoms with van der Waals surface area (Å²) in [6.07, 6.45) is 0.372. The monoisotopic (exact) mass is 239 g/mol. The number of hydrogen-bond acceptors (Lipinski definition) is 4. The second-order valence-corrected chi connectivity index (χ2v) is 5.78. The Bertz CT molecular complexity index is 322. The first-order valence-electron chi connectivity index (χ1n) is 4.56. The van der Waals surface area contributed by atoms with Gasteiger partial charge >= 0.3 is 5.97 Å². The van der Waals surface area contributed by atoms with Crippen molar-refractivity contribution in [1.29, 1.82) is 0 Å². The lowest BCUT2D eigenvalue weighted by atomic mass is 10.1. The molecule has 0 bridgehead atoms. The number of hydrogen-bond donors (Lipinski definition) is 3. The number of carbonyl (C=O) groups is 1. The van der Waals surface area contributed by atoms with E-state index in [0.717, 1.165) is 6.92 Å². The maximum absolute atomic E-state index is 11.3. The van der Waals surface area contributed by atoms with Crippen molar-refractivity contribution >= 4 is 16.0 Å². The number of sulfonamides is 1. The number of rotatable bonds is 6. The molecular formula is C8H17NO5S. The van der Waals surface area contributed by atoms with E-state index in [2.05, 4.69) is 4.72 Å². The SMILES string of the molecule is CCC(C)(O)CNS(=O)(=O)C(C)C(=O)O. The summed E-state index contributed by atoms with van der Waals surface area (Å²) in [6, 6.07) is 0. The Kier molecular flexibility index (Phi) is 4.69. The maximum atomic E-state index is 11.3. The van der Waals surface area contributed by atoms with Crippen molar-refractivity contribution in [2.75, 3.05) is 6.54 Å². The van der Waals surface area contributed by atoms with Crippen LogP contribution in [0.3, 0.4) is 0 Å². The van der Waals surface area contributed by atoms with Gasteiger partial charge in [0.1, 0.15) is 0 Å². The van der Waals surface area contributed by atoms with Crippen LogP contribution < -0.4 is 4.72 Å². The third-order valence-corrected chi connectivity index (χ3v) is 3.91. The fourth-order valence-corrected chi connectivity index (χ4v) is 1.67. The molecule has 0 fully saturated rings. The van der Waals surface area contributed by atoms with Crippen molar-refractivity contribution in [3.8, 4) is 0 Å². The highest BCUT2D eigenvalue weighted by molar-refractivity contribution is 7.90. The summed E-state index contributed by atoms with van der Waals surface area (Å²) in [4.78, 5) is 10.5. The number of nitrogens with one attached hydrogen (secondary N) is 1. The van der Waals surface area contributed by atoms with E-state index in [1.165, 1.54) is 6.92 Å². The molecule has 0 rings (SSSR count). The molecule has 0 saturated heterocycles. The number of carboxylic acid groups (broad SMARTS) is 1. The third kappa shape index (κ3) is 4.59. The highest BCUT2D eigenvalue weighted by atomic mass is 32.2. The Morgan fingerprint density at radius 1 is 1.53 bits per heavy atom. The molecule has 0 amide bonds. The molecule has 0 spiro atoms. The zero-order valence-corrected chi connectivity index (χ0v) is 9.84. The predicted molar refractivity (Wildman–Crippen MR) is 54.9 cm³/mol. The molecule has 0 aromatic carbocycles. The van der Waals surface area contributed by atoms with Gasteiger partial charge in [-0.2, -0.15) is 0 Å². The molecule has 15 heavy (non-hydrogen) atoms. The Labute approximate surface area is 89.4 Å². The van der Waals surface area contributed by atoms with Gasteiger partial charge in [0.15, 0.2) is 5.25 Å². The minimum absolute atomic E-state index is 0.191. The van der Waals surface area contributed by atoms with Gasteiger partial charge in [-0.3, -0.25) is 4.79 Å². The summed E-state index contributed by atoms with van der Waals surface area (Å²) in [5.74, 6) is -1.42. The molecule has 0 aliphatic carbocycles. The highest BCUT2D eigenvalue weighted by Gasteiger charge is 2.29. The second kappa shape index (κ2) is 4.91. The van der Waals surface area contributed by atoms with Crippen molar-refractivity contribution in [2.24, 2.45) is 0 Å². The molecule has 0 heterocycles. The molecule has 2 unspecified atom stereocenters. The van der Waals surface area contributed by atoms with Crippen molar-refractivity contribution < 1.29 is 23.4 Å². The minimum Gasteiger partial charge on any atom is -0.480 e. The van der Waals surface area contributed by atoms with E-state index in [0.29, 0.717) is 6.42 Å². The summed E-state index contributed by atoms with van der Waals surface area (Å²) in [7, 11) is -3.91. The van der Waals surface area contributed by atoms with E-state index in [4.69, 9.17) is 5.11 Å². The van der Waals surface area contributed by atoms with Crippen molar-refractivity contribution in [3.63, 3.8) is 0 Å². The summed E-state index contributed by atoms with van der Waals surface area (Å²) in [5, 5.41) is 16.5. The van der Waals surface area contributed by atoms with Gasteiger partial charge in [-0.05, 0) is 20.3 Å². The Hall–Kier alpha value is -0.660. The zero-order chi connectivity index (χ0) is 12.3. The van der Waals surface area contributed by atoms with Gasteiger partial charge < -0.3 is 10.2 Å². The third-order valence-electron chi connectivity index (χ3n) is 2.23. The normalized spacial score (nSPS) is 18.1. The lowest BCUT2D eigenvalue weighted by Gasteiger charge is -2.22. The van der Waals surface area contributed by atoms with Gasteiger partial charge in [-0.1, -0.05) is 6.92 Å². The van der Waals surface area contributed by atoms with Gasteiger partial charge in [-0.25, -0.2) is 13.1 Å². The fourth-order valence-electron chi connectivity index (χ4n) is 0.639. The maximum Gasteiger partial charge on any atom is 0.323 e. The molecule has 2 atom stereocenters. The molecule has 0 aromatic rings. The average Bonchev–Trinajstić information content (AvgIpc) is 2.14. The average molecular weight is 239 g/mol. The Morgan fingerprint density at radius 3 is 2.33 bits per heavy atom. The molecule has 3 N–H and O–H groups in total. The van der Waals surface area contributed by atoms with E-state index < -0.39 is 26.8 Å². The lowest BCUT2D eigenvalue weighted by Crippen LogP contribution is -2.45. The number of carboxylic acids is 1. The zero-order valence-electron chi connectivity index (χ0n) is 9.02. The molecular weight excluding hydrogens is 222 g/mol. The van der Waals surface area contributed by atoms with Crippen LogP contribution in [0.2, 0.25) is 0 Å². The van der Waals surface area contributed by atoms with Gasteiger partial charge in [0.2, 0.25) is 10.0 Å². The summed E-state index contributed by atoms with van der Waals surface area (Å²) < 4.78 is 24.7. The van der Waals surface area contributed by atoms with Crippen LogP contribution in [-0.4, -0.2) is 42.0 Å². The van der Waals surface area contributed by atoms with E-state index in [1.807, 2.05) is 0 Å². The first-order chi connectivity index (χ1) is 6.62. The molecule has 7 heteroatoms. The lowest BCUT2D eigenvalue weighted by molar-refractivity contribution is -0.136. The Balaban J connectivity index is 4.48. The van der Waals surface area contributed by atoms with Crippen LogP contribution in [-0.2, 0) is 14.8 Å². The quantitative estimate of drug-likeness (QED) is 0.582. The van der Waals surface area contributed by atoms with E-state index >= 15 is 0 Å².